The molecule has 102 valence electrons. The van der Waals surface area contributed by atoms with Crippen molar-refractivity contribution in [3.05, 3.63) is 95.8 Å². The maximum atomic E-state index is 14.4. The molecule has 0 saturated carbocycles. The van der Waals surface area contributed by atoms with E-state index in [1.54, 1.807) is 6.07 Å². The van der Waals surface area contributed by atoms with E-state index in [0.29, 0.717) is 10.4 Å². The van der Waals surface area contributed by atoms with E-state index in [2.05, 4.69) is 0 Å². The summed E-state index contributed by atoms with van der Waals surface area (Å²) in [6.07, 6.45) is 0. The van der Waals surface area contributed by atoms with E-state index >= 15 is 0 Å². The summed E-state index contributed by atoms with van der Waals surface area (Å²) in [7, 11) is 0. The van der Waals surface area contributed by atoms with Crippen LogP contribution in [0.15, 0.2) is 78.9 Å². The van der Waals surface area contributed by atoms with Crippen LogP contribution in [0.4, 0.5) is 4.39 Å². The molecule has 0 heterocycles. The zero-order chi connectivity index (χ0) is 14.7. The fraction of sp³-hybridized carbons (Fsp3) is 0. The van der Waals surface area contributed by atoms with E-state index in [0.717, 1.165) is 16.7 Å². The van der Waals surface area contributed by atoms with Gasteiger partial charge in [0.05, 0.1) is 4.86 Å². The molecule has 0 aromatic heterocycles. The second-order valence-electron chi connectivity index (χ2n) is 4.76. The molecule has 0 nitrogen and oxygen atoms in total. The van der Waals surface area contributed by atoms with Crippen LogP contribution < -0.4 is 0 Å². The molecular weight excluding hydrogens is 279 g/mol. The standard InChI is InChI=1S/C19H13FS/c20-18-13-16(19(21)15-9-5-2-6-10-15)11-12-17(18)14-7-3-1-4-8-14/h1-13H. The van der Waals surface area contributed by atoms with Gasteiger partial charge in [0, 0.05) is 5.56 Å². The first-order valence-corrected chi connectivity index (χ1v) is 7.11. The Bertz CT molecular complexity index is 764. The van der Waals surface area contributed by atoms with Crippen LogP contribution in [0.2, 0.25) is 0 Å². The van der Waals surface area contributed by atoms with Crippen molar-refractivity contribution >= 4 is 17.1 Å². The molecule has 0 atom stereocenters. The third-order valence-electron chi connectivity index (χ3n) is 3.35. The SMILES string of the molecule is Fc1cc(C(=S)c2ccccc2)ccc1-c1ccccc1. The van der Waals surface area contributed by atoms with E-state index in [-0.39, 0.29) is 5.82 Å². The first-order chi connectivity index (χ1) is 10.3. The number of thiocarbonyl (C=S) groups is 1. The molecule has 0 amide bonds. The predicted octanol–water partition coefficient (Wildman–Crippen LogP) is 5.26. The van der Waals surface area contributed by atoms with Crippen LogP contribution in [0.5, 0.6) is 0 Å². The topological polar surface area (TPSA) is 0 Å². The molecule has 0 bridgehead atoms. The zero-order valence-corrected chi connectivity index (χ0v) is 12.1. The molecular formula is C19H13FS. The van der Waals surface area contributed by atoms with Crippen molar-refractivity contribution in [1.82, 2.24) is 0 Å². The zero-order valence-electron chi connectivity index (χ0n) is 11.3. The number of benzene rings is 3. The normalized spacial score (nSPS) is 10.3. The Morgan fingerprint density at radius 1 is 0.714 bits per heavy atom. The molecule has 0 fully saturated rings. The van der Waals surface area contributed by atoms with Crippen LogP contribution in [0.3, 0.4) is 0 Å². The fourth-order valence-corrected chi connectivity index (χ4v) is 2.53. The van der Waals surface area contributed by atoms with Gasteiger partial charge in [-0.1, -0.05) is 85.0 Å². The first-order valence-electron chi connectivity index (χ1n) is 6.70. The summed E-state index contributed by atoms with van der Waals surface area (Å²) >= 11 is 5.44. The lowest BCUT2D eigenvalue weighted by Gasteiger charge is -2.08. The molecule has 0 spiro atoms. The van der Waals surface area contributed by atoms with Gasteiger partial charge in [-0.05, 0) is 22.8 Å². The van der Waals surface area contributed by atoms with Crippen molar-refractivity contribution in [3.8, 4) is 11.1 Å². The summed E-state index contributed by atoms with van der Waals surface area (Å²) in [5, 5.41) is 0. The van der Waals surface area contributed by atoms with Gasteiger partial charge in [-0.25, -0.2) is 4.39 Å². The van der Waals surface area contributed by atoms with Crippen molar-refractivity contribution < 1.29 is 4.39 Å². The van der Waals surface area contributed by atoms with Gasteiger partial charge in [-0.2, -0.15) is 0 Å². The minimum absolute atomic E-state index is 0.253. The van der Waals surface area contributed by atoms with Gasteiger partial charge in [-0.3, -0.25) is 0 Å². The highest BCUT2D eigenvalue weighted by Gasteiger charge is 2.09. The molecule has 0 N–H and O–H groups in total. The van der Waals surface area contributed by atoms with E-state index in [4.69, 9.17) is 12.2 Å². The molecule has 0 aliphatic rings. The van der Waals surface area contributed by atoms with Crippen molar-refractivity contribution in [2.45, 2.75) is 0 Å². The molecule has 0 radical (unpaired) electrons. The maximum absolute atomic E-state index is 14.4. The molecule has 0 saturated heterocycles. The monoisotopic (exact) mass is 292 g/mol. The Labute approximate surface area is 128 Å². The molecule has 21 heavy (non-hydrogen) atoms. The quantitative estimate of drug-likeness (QED) is 0.469. The lowest BCUT2D eigenvalue weighted by atomic mass is 9.99. The largest absolute Gasteiger partial charge is 0.206 e. The molecule has 3 aromatic rings. The lowest BCUT2D eigenvalue weighted by molar-refractivity contribution is 0.631. The average Bonchev–Trinajstić information content (AvgIpc) is 2.55. The molecule has 3 aromatic carbocycles. The minimum Gasteiger partial charge on any atom is -0.206 e. The maximum Gasteiger partial charge on any atom is 0.131 e. The van der Waals surface area contributed by atoms with Gasteiger partial charge in [0.25, 0.3) is 0 Å². The Morgan fingerprint density at radius 2 is 1.33 bits per heavy atom. The van der Waals surface area contributed by atoms with Crippen molar-refractivity contribution in [2.24, 2.45) is 0 Å². The van der Waals surface area contributed by atoms with Crippen LogP contribution in [-0.4, -0.2) is 4.86 Å². The van der Waals surface area contributed by atoms with E-state index < -0.39 is 0 Å². The Kier molecular flexibility index (Phi) is 3.89. The third kappa shape index (κ3) is 2.91. The summed E-state index contributed by atoms with van der Waals surface area (Å²) in [5.74, 6) is -0.253. The number of rotatable bonds is 3. The van der Waals surface area contributed by atoms with E-state index in [9.17, 15) is 4.39 Å². The third-order valence-corrected chi connectivity index (χ3v) is 3.82. The Morgan fingerprint density at radius 3 is 1.95 bits per heavy atom. The predicted molar refractivity (Wildman–Crippen MR) is 89.1 cm³/mol. The van der Waals surface area contributed by atoms with Gasteiger partial charge in [0.1, 0.15) is 5.82 Å². The number of hydrogen-bond acceptors (Lipinski definition) is 1. The van der Waals surface area contributed by atoms with Gasteiger partial charge in [-0.15, -0.1) is 0 Å². The Hall–Kier alpha value is -2.32. The van der Waals surface area contributed by atoms with Crippen molar-refractivity contribution in [1.29, 1.82) is 0 Å². The Balaban J connectivity index is 1.97. The first kappa shape index (κ1) is 13.7. The summed E-state index contributed by atoms with van der Waals surface area (Å²) in [6.45, 7) is 0. The van der Waals surface area contributed by atoms with Gasteiger partial charge in [0.2, 0.25) is 0 Å². The summed E-state index contributed by atoms with van der Waals surface area (Å²) < 4.78 is 14.4. The second kappa shape index (κ2) is 5.98. The number of hydrogen-bond donors (Lipinski definition) is 0. The van der Waals surface area contributed by atoms with Crippen LogP contribution >= 0.6 is 12.2 Å². The molecule has 0 unspecified atom stereocenters. The van der Waals surface area contributed by atoms with Gasteiger partial charge in [0.15, 0.2) is 0 Å². The smallest absolute Gasteiger partial charge is 0.131 e. The molecule has 3 rings (SSSR count). The van der Waals surface area contributed by atoms with Crippen LogP contribution in [0.1, 0.15) is 11.1 Å². The molecule has 2 heteroatoms. The highest BCUT2D eigenvalue weighted by atomic mass is 32.1. The number of halogens is 1. The van der Waals surface area contributed by atoms with Gasteiger partial charge >= 0.3 is 0 Å². The molecule has 0 aliphatic heterocycles. The van der Waals surface area contributed by atoms with Crippen molar-refractivity contribution in [3.63, 3.8) is 0 Å². The van der Waals surface area contributed by atoms with Crippen LogP contribution in [0.25, 0.3) is 11.1 Å². The summed E-state index contributed by atoms with van der Waals surface area (Å²) in [6, 6.07) is 24.3. The van der Waals surface area contributed by atoms with E-state index in [1.807, 2.05) is 66.7 Å². The highest BCUT2D eigenvalue weighted by Crippen LogP contribution is 2.24. The van der Waals surface area contributed by atoms with E-state index in [1.165, 1.54) is 6.07 Å². The molecule has 0 aliphatic carbocycles. The minimum atomic E-state index is -0.253. The lowest BCUT2D eigenvalue weighted by Crippen LogP contribution is -2.00. The van der Waals surface area contributed by atoms with Crippen LogP contribution in [0, 0.1) is 5.82 Å². The fourth-order valence-electron chi connectivity index (χ4n) is 2.26. The average molecular weight is 292 g/mol. The van der Waals surface area contributed by atoms with Crippen LogP contribution in [-0.2, 0) is 0 Å². The second-order valence-corrected chi connectivity index (χ2v) is 5.16. The summed E-state index contributed by atoms with van der Waals surface area (Å²) in [5.41, 5.74) is 3.12. The highest BCUT2D eigenvalue weighted by molar-refractivity contribution is 7.81. The summed E-state index contributed by atoms with van der Waals surface area (Å²) in [4.78, 5) is 0.661. The van der Waals surface area contributed by atoms with Crippen molar-refractivity contribution in [2.75, 3.05) is 0 Å². The van der Waals surface area contributed by atoms with Gasteiger partial charge < -0.3 is 0 Å².